The molecule has 3 nitrogen and oxygen atoms in total. The summed E-state index contributed by atoms with van der Waals surface area (Å²) in [5.41, 5.74) is 5.13. The molecule has 0 saturated heterocycles. The van der Waals surface area contributed by atoms with Gasteiger partial charge in [0.1, 0.15) is 0 Å². The molecule has 0 heterocycles. The van der Waals surface area contributed by atoms with Gasteiger partial charge in [-0.3, -0.25) is 0 Å². The zero-order valence-corrected chi connectivity index (χ0v) is 7.32. The highest BCUT2D eigenvalue weighted by molar-refractivity contribution is 7.92. The lowest BCUT2D eigenvalue weighted by Crippen LogP contribution is -2.24. The minimum absolute atomic E-state index is 0.113. The Balaban J connectivity index is 4.12. The summed E-state index contributed by atoms with van der Waals surface area (Å²) in [6, 6.07) is 0. The quantitative estimate of drug-likeness (QED) is 0.645. The highest BCUT2D eigenvalue weighted by Crippen LogP contribution is 2.04. The topological polar surface area (TPSA) is 60.2 Å². The summed E-state index contributed by atoms with van der Waals surface area (Å²) >= 11 is 0. The van der Waals surface area contributed by atoms with Gasteiger partial charge in [-0.2, -0.15) is 0 Å². The van der Waals surface area contributed by atoms with E-state index in [9.17, 15) is 8.42 Å². The minimum Gasteiger partial charge on any atom is -0.329 e. The van der Waals surface area contributed by atoms with Crippen molar-refractivity contribution in [2.24, 2.45) is 5.73 Å². The van der Waals surface area contributed by atoms with Gasteiger partial charge in [-0.05, 0) is 13.3 Å². The Morgan fingerprint density at radius 2 is 2.00 bits per heavy atom. The van der Waals surface area contributed by atoms with Crippen LogP contribution >= 0.6 is 0 Å². The zero-order valence-electron chi connectivity index (χ0n) is 6.50. The van der Waals surface area contributed by atoms with E-state index in [1.807, 2.05) is 6.92 Å². The van der Waals surface area contributed by atoms with Crippen LogP contribution in [0.1, 0.15) is 20.3 Å². The summed E-state index contributed by atoms with van der Waals surface area (Å²) in [7, 11) is -2.89. The van der Waals surface area contributed by atoms with Crippen LogP contribution < -0.4 is 5.73 Å². The van der Waals surface area contributed by atoms with Gasteiger partial charge in [0.15, 0.2) is 9.84 Å². The minimum atomic E-state index is -2.89. The summed E-state index contributed by atoms with van der Waals surface area (Å²) in [5.74, 6) is 0.113. The van der Waals surface area contributed by atoms with E-state index >= 15 is 0 Å². The first kappa shape index (κ1) is 9.91. The summed E-state index contributed by atoms with van der Waals surface area (Å²) in [5, 5.41) is -0.240. The SMILES string of the molecule is CCC(C)S(=O)(=O)CCN. The first-order valence-electron chi connectivity index (χ1n) is 3.46. The Bertz CT molecular complexity index is 174. The van der Waals surface area contributed by atoms with E-state index in [2.05, 4.69) is 0 Å². The summed E-state index contributed by atoms with van der Waals surface area (Å²) < 4.78 is 22.2. The van der Waals surface area contributed by atoms with Crippen LogP contribution in [0.4, 0.5) is 0 Å². The lowest BCUT2D eigenvalue weighted by molar-refractivity contribution is 0.581. The molecular weight excluding hydrogens is 150 g/mol. The lowest BCUT2D eigenvalue weighted by Gasteiger charge is -2.07. The maximum atomic E-state index is 11.1. The van der Waals surface area contributed by atoms with Crippen molar-refractivity contribution >= 4 is 9.84 Å². The monoisotopic (exact) mass is 165 g/mol. The Morgan fingerprint density at radius 3 is 2.30 bits per heavy atom. The predicted molar refractivity (Wildman–Crippen MR) is 42.6 cm³/mol. The number of rotatable bonds is 4. The molecule has 0 spiro atoms. The summed E-state index contributed by atoms with van der Waals surface area (Å²) in [6.45, 7) is 3.80. The zero-order chi connectivity index (χ0) is 8.20. The normalized spacial score (nSPS) is 15.1. The molecule has 0 amide bonds. The Hall–Kier alpha value is -0.0900. The third-order valence-electron chi connectivity index (χ3n) is 1.59. The van der Waals surface area contributed by atoms with Crippen molar-refractivity contribution in [1.82, 2.24) is 0 Å². The van der Waals surface area contributed by atoms with E-state index in [4.69, 9.17) is 5.73 Å². The van der Waals surface area contributed by atoms with Crippen molar-refractivity contribution in [3.8, 4) is 0 Å². The third kappa shape index (κ3) is 2.66. The summed E-state index contributed by atoms with van der Waals surface area (Å²) in [4.78, 5) is 0. The Morgan fingerprint density at radius 1 is 1.50 bits per heavy atom. The van der Waals surface area contributed by atoms with Crippen LogP contribution in [0.2, 0.25) is 0 Å². The number of hydrogen-bond donors (Lipinski definition) is 1. The van der Waals surface area contributed by atoms with Crippen LogP contribution in [-0.2, 0) is 9.84 Å². The molecule has 4 heteroatoms. The molecule has 0 bridgehead atoms. The van der Waals surface area contributed by atoms with Crippen LogP contribution in [0.25, 0.3) is 0 Å². The average molecular weight is 165 g/mol. The van der Waals surface area contributed by atoms with Gasteiger partial charge in [-0.25, -0.2) is 8.42 Å². The summed E-state index contributed by atoms with van der Waals surface area (Å²) in [6.07, 6.45) is 0.669. The van der Waals surface area contributed by atoms with E-state index in [-0.39, 0.29) is 17.5 Å². The first-order valence-corrected chi connectivity index (χ1v) is 5.17. The largest absolute Gasteiger partial charge is 0.329 e. The molecular formula is C6H15NO2S. The van der Waals surface area contributed by atoms with Gasteiger partial charge >= 0.3 is 0 Å². The van der Waals surface area contributed by atoms with Crippen LogP contribution in [0.3, 0.4) is 0 Å². The first-order chi connectivity index (χ1) is 4.54. The van der Waals surface area contributed by atoms with Gasteiger partial charge in [0.25, 0.3) is 0 Å². The lowest BCUT2D eigenvalue weighted by atomic mass is 10.4. The molecule has 62 valence electrons. The molecule has 0 aromatic rings. The van der Waals surface area contributed by atoms with Crippen molar-refractivity contribution in [2.45, 2.75) is 25.5 Å². The highest BCUT2D eigenvalue weighted by atomic mass is 32.2. The fourth-order valence-corrected chi connectivity index (χ4v) is 1.86. The number of hydrogen-bond acceptors (Lipinski definition) is 3. The second-order valence-electron chi connectivity index (χ2n) is 2.37. The van der Waals surface area contributed by atoms with Crippen molar-refractivity contribution < 1.29 is 8.42 Å². The van der Waals surface area contributed by atoms with E-state index in [0.29, 0.717) is 6.42 Å². The van der Waals surface area contributed by atoms with Gasteiger partial charge in [-0.15, -0.1) is 0 Å². The van der Waals surface area contributed by atoms with E-state index in [0.717, 1.165) is 0 Å². The molecule has 0 aromatic heterocycles. The van der Waals surface area contributed by atoms with Gasteiger partial charge in [-0.1, -0.05) is 6.92 Å². The third-order valence-corrected chi connectivity index (χ3v) is 3.95. The van der Waals surface area contributed by atoms with Crippen molar-refractivity contribution in [2.75, 3.05) is 12.3 Å². The van der Waals surface area contributed by atoms with Gasteiger partial charge in [0, 0.05) is 6.54 Å². The van der Waals surface area contributed by atoms with Gasteiger partial charge < -0.3 is 5.73 Å². The molecule has 2 N–H and O–H groups in total. The molecule has 1 atom stereocenters. The molecule has 0 rings (SSSR count). The van der Waals surface area contributed by atoms with Crippen LogP contribution in [0, 0.1) is 0 Å². The van der Waals surface area contributed by atoms with Gasteiger partial charge in [0.2, 0.25) is 0 Å². The molecule has 0 aromatic carbocycles. The van der Waals surface area contributed by atoms with Crippen LogP contribution in [0.15, 0.2) is 0 Å². The maximum absolute atomic E-state index is 11.1. The molecule has 0 radical (unpaired) electrons. The number of nitrogens with two attached hydrogens (primary N) is 1. The van der Waals surface area contributed by atoms with Crippen molar-refractivity contribution in [3.05, 3.63) is 0 Å². The van der Waals surface area contributed by atoms with Crippen LogP contribution in [0.5, 0.6) is 0 Å². The standard InChI is InChI=1S/C6H15NO2S/c1-3-6(2)10(8,9)5-4-7/h6H,3-5,7H2,1-2H3. The Kier molecular flexibility index (Phi) is 3.89. The van der Waals surface area contributed by atoms with Crippen molar-refractivity contribution in [3.63, 3.8) is 0 Å². The highest BCUT2D eigenvalue weighted by Gasteiger charge is 2.16. The predicted octanol–water partition coefficient (Wildman–Crippen LogP) is 0.158. The molecule has 0 aliphatic carbocycles. The average Bonchev–Trinajstić information content (AvgIpc) is 1.86. The second-order valence-corrected chi connectivity index (χ2v) is 4.91. The van der Waals surface area contributed by atoms with E-state index < -0.39 is 9.84 Å². The second kappa shape index (κ2) is 3.93. The van der Waals surface area contributed by atoms with E-state index in [1.54, 1.807) is 6.92 Å². The fraction of sp³-hybridized carbons (Fsp3) is 1.00. The van der Waals surface area contributed by atoms with E-state index in [1.165, 1.54) is 0 Å². The smallest absolute Gasteiger partial charge is 0.154 e. The molecule has 1 unspecified atom stereocenters. The molecule has 0 aliphatic heterocycles. The van der Waals surface area contributed by atoms with Crippen LogP contribution in [-0.4, -0.2) is 26.0 Å². The fourth-order valence-electron chi connectivity index (χ4n) is 0.619. The Labute approximate surface area is 62.5 Å². The van der Waals surface area contributed by atoms with Gasteiger partial charge in [0.05, 0.1) is 11.0 Å². The van der Waals surface area contributed by atoms with Crippen molar-refractivity contribution in [1.29, 1.82) is 0 Å². The molecule has 0 saturated carbocycles. The number of sulfone groups is 1. The molecule has 0 aliphatic rings. The molecule has 10 heavy (non-hydrogen) atoms. The molecule has 0 fully saturated rings. The maximum Gasteiger partial charge on any atom is 0.154 e.